The van der Waals surface area contributed by atoms with Crippen molar-refractivity contribution in [1.29, 1.82) is 0 Å². The predicted octanol–water partition coefficient (Wildman–Crippen LogP) is 3.45. The summed E-state index contributed by atoms with van der Waals surface area (Å²) in [5.74, 6) is 1.18. The van der Waals surface area contributed by atoms with Gasteiger partial charge < -0.3 is 9.64 Å². The molecule has 1 saturated carbocycles. The Morgan fingerprint density at radius 1 is 1.25 bits per heavy atom. The number of hydrogen-bond donors (Lipinski definition) is 0. The first-order valence-corrected chi connectivity index (χ1v) is 11.7. The fourth-order valence-electron chi connectivity index (χ4n) is 4.33. The summed E-state index contributed by atoms with van der Waals surface area (Å²) in [4.78, 5) is 15.3. The molecule has 1 saturated heterocycles. The van der Waals surface area contributed by atoms with Crippen LogP contribution in [0.1, 0.15) is 39.7 Å². The van der Waals surface area contributed by atoms with E-state index in [9.17, 15) is 13.2 Å². The van der Waals surface area contributed by atoms with Gasteiger partial charge in [-0.1, -0.05) is 37.6 Å². The molecule has 0 bridgehead atoms. The van der Waals surface area contributed by atoms with Crippen LogP contribution in [0.15, 0.2) is 35.9 Å². The van der Waals surface area contributed by atoms with Gasteiger partial charge in [-0.05, 0) is 49.3 Å². The van der Waals surface area contributed by atoms with Gasteiger partial charge >= 0.3 is 0 Å². The summed E-state index contributed by atoms with van der Waals surface area (Å²) in [7, 11) is -1.45. The molecule has 0 radical (unpaired) electrons. The van der Waals surface area contributed by atoms with Gasteiger partial charge in [-0.2, -0.15) is 0 Å². The van der Waals surface area contributed by atoms with Gasteiger partial charge in [-0.3, -0.25) is 4.79 Å². The Bertz CT molecular complexity index is 866. The summed E-state index contributed by atoms with van der Waals surface area (Å²) >= 11 is 0. The third kappa shape index (κ3) is 4.27. The molecule has 154 valence electrons. The summed E-state index contributed by atoms with van der Waals surface area (Å²) in [5.41, 5.74) is 2.10. The summed E-state index contributed by atoms with van der Waals surface area (Å²) in [6, 6.07) is 7.37. The maximum atomic E-state index is 13.5. The Hall–Kier alpha value is -1.82. The van der Waals surface area contributed by atoms with E-state index in [1.54, 1.807) is 7.11 Å². The molecule has 6 heteroatoms. The van der Waals surface area contributed by atoms with Gasteiger partial charge in [0.25, 0.3) is 0 Å². The molecule has 1 aliphatic carbocycles. The predicted molar refractivity (Wildman–Crippen MR) is 111 cm³/mol. The van der Waals surface area contributed by atoms with Crippen molar-refractivity contribution in [3.05, 3.63) is 41.5 Å². The van der Waals surface area contributed by atoms with Crippen molar-refractivity contribution in [1.82, 2.24) is 4.90 Å². The van der Waals surface area contributed by atoms with E-state index in [1.165, 1.54) is 5.57 Å². The Balaban J connectivity index is 1.86. The minimum Gasteiger partial charge on any atom is -0.497 e. The number of ether oxygens (including phenoxy) is 1. The molecular weight excluding hydrogens is 374 g/mol. The van der Waals surface area contributed by atoms with Gasteiger partial charge in [-0.25, -0.2) is 8.42 Å². The molecule has 0 aromatic heterocycles. The normalized spacial score (nSPS) is 27.1. The molecule has 3 atom stereocenters. The number of hydrogen-bond acceptors (Lipinski definition) is 4. The number of amides is 1. The van der Waals surface area contributed by atoms with Crippen molar-refractivity contribution < 1.29 is 17.9 Å². The van der Waals surface area contributed by atoms with E-state index in [0.717, 1.165) is 11.3 Å². The van der Waals surface area contributed by atoms with Gasteiger partial charge in [-0.15, -0.1) is 0 Å². The highest BCUT2D eigenvalue weighted by atomic mass is 32.2. The lowest BCUT2D eigenvalue weighted by atomic mass is 10.1. The lowest BCUT2D eigenvalue weighted by Gasteiger charge is -2.29. The summed E-state index contributed by atoms with van der Waals surface area (Å²) in [6.07, 6.45) is 2.70. The number of sulfone groups is 1. The molecular formula is C22H31NO4S. The van der Waals surface area contributed by atoms with Gasteiger partial charge in [0.05, 0.1) is 24.5 Å². The SMILES string of the molecule is COc1ccc(CN(C(=O)[C@@H]2[C@H](C=C(C)C)C2(C)C)[C@@H]2CCS(=O)(=O)C2)cc1. The zero-order chi connectivity index (χ0) is 20.7. The largest absolute Gasteiger partial charge is 0.497 e. The molecule has 5 nitrogen and oxygen atoms in total. The van der Waals surface area contributed by atoms with E-state index in [4.69, 9.17) is 4.74 Å². The second-order valence-corrected chi connectivity index (χ2v) is 11.2. The van der Waals surface area contributed by atoms with Crippen LogP contribution in [0.4, 0.5) is 0 Å². The topological polar surface area (TPSA) is 63.7 Å². The van der Waals surface area contributed by atoms with Gasteiger partial charge in [0.2, 0.25) is 5.91 Å². The third-order valence-electron chi connectivity index (χ3n) is 6.13. The average molecular weight is 406 g/mol. The highest BCUT2D eigenvalue weighted by Gasteiger charge is 2.61. The van der Waals surface area contributed by atoms with E-state index in [1.807, 2.05) is 29.2 Å². The molecule has 1 aromatic carbocycles. The number of carbonyl (C=O) groups is 1. The molecule has 1 heterocycles. The third-order valence-corrected chi connectivity index (χ3v) is 7.88. The number of benzene rings is 1. The van der Waals surface area contributed by atoms with Gasteiger partial charge in [0, 0.05) is 12.6 Å². The summed E-state index contributed by atoms with van der Waals surface area (Å²) in [5, 5.41) is 0. The Kier molecular flexibility index (Phi) is 5.63. The molecule has 2 aliphatic rings. The molecule has 1 aliphatic heterocycles. The van der Waals surface area contributed by atoms with Crippen molar-refractivity contribution in [2.45, 2.75) is 46.7 Å². The first-order chi connectivity index (χ1) is 13.0. The van der Waals surface area contributed by atoms with E-state index < -0.39 is 9.84 Å². The van der Waals surface area contributed by atoms with Crippen LogP contribution in [-0.2, 0) is 21.2 Å². The maximum Gasteiger partial charge on any atom is 0.227 e. The van der Waals surface area contributed by atoms with Crippen molar-refractivity contribution in [3.8, 4) is 5.75 Å². The first-order valence-electron chi connectivity index (χ1n) is 9.84. The zero-order valence-electron chi connectivity index (χ0n) is 17.4. The van der Waals surface area contributed by atoms with Crippen LogP contribution in [0.25, 0.3) is 0 Å². The number of nitrogens with zero attached hydrogens (tertiary/aromatic N) is 1. The van der Waals surface area contributed by atoms with Crippen LogP contribution < -0.4 is 4.74 Å². The number of allylic oxidation sites excluding steroid dienone is 2. The lowest BCUT2D eigenvalue weighted by molar-refractivity contribution is -0.136. The summed E-state index contributed by atoms with van der Waals surface area (Å²) < 4.78 is 29.3. The highest BCUT2D eigenvalue weighted by molar-refractivity contribution is 7.91. The Morgan fingerprint density at radius 3 is 2.39 bits per heavy atom. The highest BCUT2D eigenvalue weighted by Crippen LogP contribution is 2.60. The average Bonchev–Trinajstić information content (AvgIpc) is 2.95. The quantitative estimate of drug-likeness (QED) is 0.680. The first kappa shape index (κ1) is 20.9. The molecule has 0 N–H and O–H groups in total. The van der Waals surface area contributed by atoms with Crippen LogP contribution in [-0.4, -0.2) is 43.9 Å². The van der Waals surface area contributed by atoms with Crippen LogP contribution in [0.2, 0.25) is 0 Å². The van der Waals surface area contributed by atoms with E-state index in [2.05, 4.69) is 33.8 Å². The van der Waals surface area contributed by atoms with Crippen LogP contribution in [0.3, 0.4) is 0 Å². The summed E-state index contributed by atoms with van der Waals surface area (Å²) in [6.45, 7) is 8.77. The Labute approximate surface area is 168 Å². The number of methoxy groups -OCH3 is 1. The van der Waals surface area contributed by atoms with Crippen LogP contribution in [0.5, 0.6) is 5.75 Å². The smallest absolute Gasteiger partial charge is 0.227 e. The second kappa shape index (κ2) is 7.54. The molecule has 1 aromatic rings. The van der Waals surface area contributed by atoms with E-state index in [-0.39, 0.29) is 40.7 Å². The Morgan fingerprint density at radius 2 is 1.89 bits per heavy atom. The molecule has 28 heavy (non-hydrogen) atoms. The molecule has 3 rings (SSSR count). The molecule has 0 unspecified atom stereocenters. The standard InChI is InChI=1S/C22H31NO4S/c1-15(2)12-19-20(22(19,3)4)21(24)23(17-10-11-28(25,26)14-17)13-16-6-8-18(27-5)9-7-16/h6-9,12,17,19-20H,10-11,13-14H2,1-5H3/t17-,19+,20+/m1/s1. The fourth-order valence-corrected chi connectivity index (χ4v) is 6.06. The minimum absolute atomic E-state index is 0.0648. The van der Waals surface area contributed by atoms with Crippen LogP contribution in [0, 0.1) is 17.3 Å². The maximum absolute atomic E-state index is 13.5. The second-order valence-electron chi connectivity index (χ2n) is 8.94. The number of carbonyl (C=O) groups excluding carboxylic acids is 1. The molecule has 0 spiro atoms. The van der Waals surface area contributed by atoms with Crippen molar-refractivity contribution in [2.75, 3.05) is 18.6 Å². The van der Waals surface area contributed by atoms with Crippen molar-refractivity contribution in [2.24, 2.45) is 17.3 Å². The molecule has 1 amide bonds. The van der Waals surface area contributed by atoms with Gasteiger partial charge in [0.15, 0.2) is 9.84 Å². The fraction of sp³-hybridized carbons (Fsp3) is 0.591. The zero-order valence-corrected chi connectivity index (χ0v) is 18.3. The molecule has 2 fully saturated rings. The minimum atomic E-state index is -3.07. The van der Waals surface area contributed by atoms with Crippen LogP contribution >= 0.6 is 0 Å². The van der Waals surface area contributed by atoms with Crippen molar-refractivity contribution >= 4 is 15.7 Å². The van der Waals surface area contributed by atoms with Gasteiger partial charge in [0.1, 0.15) is 5.75 Å². The monoisotopic (exact) mass is 405 g/mol. The lowest BCUT2D eigenvalue weighted by Crippen LogP contribution is -2.42. The van der Waals surface area contributed by atoms with E-state index in [0.29, 0.717) is 13.0 Å². The van der Waals surface area contributed by atoms with Crippen molar-refractivity contribution in [3.63, 3.8) is 0 Å². The van der Waals surface area contributed by atoms with E-state index >= 15 is 0 Å². The number of rotatable bonds is 6.